The highest BCUT2D eigenvalue weighted by Crippen LogP contribution is 2.26. The summed E-state index contributed by atoms with van der Waals surface area (Å²) in [5.41, 5.74) is 5.02. The maximum atomic E-state index is 12.1. The molecule has 0 aliphatic rings. The Labute approximate surface area is 117 Å². The highest BCUT2D eigenvalue weighted by atomic mass is 32.2. The molecule has 0 heterocycles. The molecular weight excluding hydrogens is 286 g/mol. The van der Waals surface area contributed by atoms with E-state index in [4.69, 9.17) is 10.5 Å². The highest BCUT2D eigenvalue weighted by molar-refractivity contribution is 7.89. The van der Waals surface area contributed by atoms with Crippen molar-refractivity contribution in [2.24, 2.45) is 0 Å². The number of hydrogen-bond acceptors (Lipinski definition) is 6. The minimum atomic E-state index is -3.99. The number of sulfonamides is 1. The summed E-state index contributed by atoms with van der Waals surface area (Å²) in [7, 11) is -2.48. The van der Waals surface area contributed by atoms with Gasteiger partial charge in [0.25, 0.3) is 5.69 Å². The summed E-state index contributed by atoms with van der Waals surface area (Å²) >= 11 is 0. The van der Waals surface area contributed by atoms with Gasteiger partial charge in [-0.25, -0.2) is 13.1 Å². The normalized spacial score (nSPS) is 13.1. The Morgan fingerprint density at radius 2 is 2.15 bits per heavy atom. The molecular formula is C11H17N3O5S. The lowest BCUT2D eigenvalue weighted by molar-refractivity contribution is -0.387. The van der Waals surface area contributed by atoms with E-state index in [-0.39, 0.29) is 5.69 Å². The van der Waals surface area contributed by atoms with Crippen LogP contribution in [0, 0.1) is 10.1 Å². The minimum absolute atomic E-state index is 0.128. The van der Waals surface area contributed by atoms with E-state index in [1.165, 1.54) is 13.2 Å². The molecule has 0 aromatic heterocycles. The van der Waals surface area contributed by atoms with Gasteiger partial charge in [0.2, 0.25) is 10.0 Å². The third kappa shape index (κ3) is 4.15. The van der Waals surface area contributed by atoms with Crippen LogP contribution in [-0.4, -0.2) is 33.1 Å². The van der Waals surface area contributed by atoms with Gasteiger partial charge in [0.15, 0.2) is 4.90 Å². The van der Waals surface area contributed by atoms with E-state index in [2.05, 4.69) is 4.72 Å². The molecule has 1 aromatic carbocycles. The quantitative estimate of drug-likeness (QED) is 0.437. The Morgan fingerprint density at radius 3 is 2.70 bits per heavy atom. The predicted octanol–water partition coefficient (Wildman–Crippen LogP) is 0.880. The number of hydrogen-bond donors (Lipinski definition) is 2. The van der Waals surface area contributed by atoms with Crippen LogP contribution in [0.25, 0.3) is 0 Å². The monoisotopic (exact) mass is 303 g/mol. The molecule has 112 valence electrons. The summed E-state index contributed by atoms with van der Waals surface area (Å²) in [6, 6.07) is 3.05. The van der Waals surface area contributed by atoms with Crippen LogP contribution in [0.2, 0.25) is 0 Å². The van der Waals surface area contributed by atoms with E-state index in [1.807, 2.05) is 0 Å². The highest BCUT2D eigenvalue weighted by Gasteiger charge is 2.27. The number of nitrogens with two attached hydrogens (primary N) is 1. The van der Waals surface area contributed by atoms with E-state index in [1.54, 1.807) is 6.92 Å². The maximum absolute atomic E-state index is 12.1. The van der Waals surface area contributed by atoms with Gasteiger partial charge < -0.3 is 10.5 Å². The van der Waals surface area contributed by atoms with E-state index in [9.17, 15) is 18.5 Å². The summed E-state index contributed by atoms with van der Waals surface area (Å²) in [6.45, 7) is 2.03. The smallest absolute Gasteiger partial charge is 0.291 e. The Hall–Kier alpha value is -1.71. The number of ether oxygens (including phenoxy) is 1. The molecule has 0 saturated carbocycles. The second-order valence-corrected chi connectivity index (χ2v) is 5.97. The minimum Gasteiger partial charge on any atom is -0.399 e. The Bertz CT molecular complexity index is 588. The first-order valence-corrected chi connectivity index (χ1v) is 7.31. The van der Waals surface area contributed by atoms with Gasteiger partial charge >= 0.3 is 0 Å². The standard InChI is InChI=1S/C11H17N3O5S/c1-8(5-6-19-2)13-20(17,18)11-4-3-9(12)7-10(11)14(15)16/h3-4,7-8,13H,5-6,12H2,1-2H3. The van der Waals surface area contributed by atoms with E-state index < -0.39 is 31.6 Å². The molecule has 0 aliphatic heterocycles. The van der Waals surface area contributed by atoms with Crippen molar-refractivity contribution in [3.63, 3.8) is 0 Å². The molecule has 1 rings (SSSR count). The zero-order chi connectivity index (χ0) is 15.3. The van der Waals surface area contributed by atoms with Crippen molar-refractivity contribution in [1.29, 1.82) is 0 Å². The largest absolute Gasteiger partial charge is 0.399 e. The lowest BCUT2D eigenvalue weighted by Crippen LogP contribution is -2.33. The van der Waals surface area contributed by atoms with Gasteiger partial charge in [-0.15, -0.1) is 0 Å². The van der Waals surface area contributed by atoms with Crippen molar-refractivity contribution in [3.05, 3.63) is 28.3 Å². The molecule has 1 unspecified atom stereocenters. The maximum Gasteiger partial charge on any atom is 0.291 e. The first kappa shape index (κ1) is 16.3. The molecule has 0 amide bonds. The molecule has 0 saturated heterocycles. The summed E-state index contributed by atoms with van der Waals surface area (Å²) < 4.78 is 31.5. The van der Waals surface area contributed by atoms with E-state index in [0.717, 1.165) is 12.1 Å². The number of benzene rings is 1. The van der Waals surface area contributed by atoms with Crippen LogP contribution in [0.3, 0.4) is 0 Å². The van der Waals surface area contributed by atoms with Crippen molar-refractivity contribution >= 4 is 21.4 Å². The van der Waals surface area contributed by atoms with Crippen LogP contribution >= 0.6 is 0 Å². The fourth-order valence-corrected chi connectivity index (χ4v) is 3.02. The van der Waals surface area contributed by atoms with Gasteiger partial charge in [-0.05, 0) is 25.5 Å². The Balaban J connectivity index is 3.06. The molecule has 0 radical (unpaired) electrons. The Morgan fingerprint density at radius 1 is 1.50 bits per heavy atom. The van der Waals surface area contributed by atoms with Gasteiger partial charge in [-0.1, -0.05) is 0 Å². The Kier molecular flexibility index (Phi) is 5.43. The van der Waals surface area contributed by atoms with Gasteiger partial charge in [0.1, 0.15) is 0 Å². The number of nitrogens with one attached hydrogen (secondary N) is 1. The van der Waals surface area contributed by atoms with Crippen LogP contribution in [0.4, 0.5) is 11.4 Å². The number of nitrogen functional groups attached to an aromatic ring is 1. The van der Waals surface area contributed by atoms with E-state index >= 15 is 0 Å². The number of nitro groups is 1. The third-order valence-corrected chi connectivity index (χ3v) is 4.22. The molecule has 9 heteroatoms. The lowest BCUT2D eigenvalue weighted by Gasteiger charge is -2.14. The molecule has 0 fully saturated rings. The molecule has 8 nitrogen and oxygen atoms in total. The van der Waals surface area contributed by atoms with Gasteiger partial charge in [0, 0.05) is 31.5 Å². The zero-order valence-electron chi connectivity index (χ0n) is 11.2. The van der Waals surface area contributed by atoms with Crippen molar-refractivity contribution in [3.8, 4) is 0 Å². The molecule has 0 aliphatic carbocycles. The van der Waals surface area contributed by atoms with Crippen molar-refractivity contribution in [2.75, 3.05) is 19.5 Å². The summed E-state index contributed by atoms with van der Waals surface area (Å²) in [6.07, 6.45) is 0.457. The van der Waals surface area contributed by atoms with Crippen molar-refractivity contribution < 1.29 is 18.1 Å². The van der Waals surface area contributed by atoms with Crippen LogP contribution in [-0.2, 0) is 14.8 Å². The van der Waals surface area contributed by atoms with Crippen LogP contribution < -0.4 is 10.5 Å². The zero-order valence-corrected chi connectivity index (χ0v) is 12.0. The van der Waals surface area contributed by atoms with E-state index in [0.29, 0.717) is 13.0 Å². The lowest BCUT2D eigenvalue weighted by atomic mass is 10.3. The average molecular weight is 303 g/mol. The fraction of sp³-hybridized carbons (Fsp3) is 0.455. The van der Waals surface area contributed by atoms with Crippen LogP contribution in [0.15, 0.2) is 23.1 Å². The first-order valence-electron chi connectivity index (χ1n) is 5.83. The van der Waals surface area contributed by atoms with Crippen molar-refractivity contribution in [2.45, 2.75) is 24.3 Å². The molecule has 20 heavy (non-hydrogen) atoms. The predicted molar refractivity (Wildman–Crippen MR) is 73.8 cm³/mol. The molecule has 0 bridgehead atoms. The van der Waals surface area contributed by atoms with Crippen LogP contribution in [0.1, 0.15) is 13.3 Å². The third-order valence-electron chi connectivity index (χ3n) is 2.58. The SMILES string of the molecule is COCCC(C)NS(=O)(=O)c1ccc(N)cc1[N+](=O)[O-]. The summed E-state index contributed by atoms with van der Waals surface area (Å²) in [4.78, 5) is 9.74. The second-order valence-electron chi connectivity index (χ2n) is 4.29. The molecule has 0 spiro atoms. The van der Waals surface area contributed by atoms with Gasteiger partial charge in [0.05, 0.1) is 4.92 Å². The summed E-state index contributed by atoms with van der Waals surface area (Å²) in [5.74, 6) is 0. The average Bonchev–Trinajstić information content (AvgIpc) is 2.35. The van der Waals surface area contributed by atoms with Gasteiger partial charge in [-0.3, -0.25) is 10.1 Å². The number of rotatable bonds is 7. The van der Waals surface area contributed by atoms with Gasteiger partial charge in [-0.2, -0.15) is 0 Å². The van der Waals surface area contributed by atoms with Crippen molar-refractivity contribution in [1.82, 2.24) is 4.72 Å². The number of anilines is 1. The summed E-state index contributed by atoms with van der Waals surface area (Å²) in [5, 5.41) is 10.9. The molecule has 3 N–H and O–H groups in total. The number of nitrogens with zero attached hydrogens (tertiary/aromatic N) is 1. The topological polar surface area (TPSA) is 125 Å². The first-order chi connectivity index (χ1) is 9.27. The molecule has 1 atom stereocenters. The number of methoxy groups -OCH3 is 1. The molecule has 1 aromatic rings. The second kappa shape index (κ2) is 6.64. The fourth-order valence-electron chi connectivity index (χ4n) is 1.59. The van der Waals surface area contributed by atoms with Crippen LogP contribution in [0.5, 0.6) is 0 Å². The number of nitro benzene ring substituents is 1.